The molecular weight excluding hydrogens is 665 g/mol. The van der Waals surface area contributed by atoms with E-state index in [9.17, 15) is 18.0 Å². The minimum Gasteiger partial charge on any atom is -0.354 e. The summed E-state index contributed by atoms with van der Waals surface area (Å²) in [6.07, 6.45) is 1.84. The van der Waals surface area contributed by atoms with Gasteiger partial charge in [-0.25, -0.2) is 8.42 Å². The lowest BCUT2D eigenvalue weighted by Crippen LogP contribution is -2.53. The lowest BCUT2D eigenvalue weighted by molar-refractivity contribution is -0.140. The molecule has 11 heteroatoms. The van der Waals surface area contributed by atoms with Crippen LogP contribution in [0.2, 0.25) is 15.1 Å². The number of amides is 2. The van der Waals surface area contributed by atoms with E-state index < -0.39 is 28.5 Å². The van der Waals surface area contributed by atoms with Crippen molar-refractivity contribution >= 4 is 62.3 Å². The summed E-state index contributed by atoms with van der Waals surface area (Å²) in [5, 5.41) is 3.76. The number of rotatable bonds is 14. The predicted molar refractivity (Wildman–Crippen MR) is 186 cm³/mol. The highest BCUT2D eigenvalue weighted by Crippen LogP contribution is 2.33. The molecule has 0 fully saturated rings. The summed E-state index contributed by atoms with van der Waals surface area (Å²) in [5.74, 6) is -0.959. The van der Waals surface area contributed by atoms with Gasteiger partial charge in [0.25, 0.3) is 10.0 Å². The summed E-state index contributed by atoms with van der Waals surface area (Å²) < 4.78 is 29.3. The van der Waals surface area contributed by atoms with E-state index in [1.807, 2.05) is 44.2 Å². The van der Waals surface area contributed by atoms with E-state index in [1.165, 1.54) is 35.2 Å². The van der Waals surface area contributed by atoms with E-state index in [4.69, 9.17) is 34.8 Å². The van der Waals surface area contributed by atoms with E-state index in [0.29, 0.717) is 17.1 Å². The number of sulfonamides is 1. The molecule has 4 aromatic carbocycles. The SMILES string of the molecule is CCCCNC(=O)C(Cc1ccccc1)N(Cc1cccc(Cl)c1)C(=O)CN(c1cc(Cl)ccc1Cl)S(=O)(=O)c1ccc(C)cc1. The molecule has 2 amide bonds. The third-order valence-corrected chi connectivity index (χ3v) is 9.97. The van der Waals surface area contributed by atoms with Crippen LogP contribution in [-0.4, -0.2) is 44.3 Å². The molecule has 7 nitrogen and oxygen atoms in total. The number of hydrogen-bond donors (Lipinski definition) is 1. The Labute approximate surface area is 286 Å². The van der Waals surface area contributed by atoms with Crippen molar-refractivity contribution in [2.75, 3.05) is 17.4 Å². The van der Waals surface area contributed by atoms with Crippen LogP contribution in [0.5, 0.6) is 0 Å². The molecule has 242 valence electrons. The molecule has 4 aromatic rings. The fourth-order valence-electron chi connectivity index (χ4n) is 4.92. The highest BCUT2D eigenvalue weighted by molar-refractivity contribution is 7.92. The maximum atomic E-state index is 14.5. The Morgan fingerprint density at radius 2 is 1.50 bits per heavy atom. The van der Waals surface area contributed by atoms with Gasteiger partial charge >= 0.3 is 0 Å². The Kier molecular flexibility index (Phi) is 12.5. The average Bonchev–Trinajstić information content (AvgIpc) is 3.03. The van der Waals surface area contributed by atoms with Crippen molar-refractivity contribution in [1.82, 2.24) is 10.2 Å². The first-order valence-corrected chi connectivity index (χ1v) is 17.5. The van der Waals surface area contributed by atoms with Crippen LogP contribution in [0.15, 0.2) is 102 Å². The smallest absolute Gasteiger partial charge is 0.264 e. The first-order valence-electron chi connectivity index (χ1n) is 14.9. The molecule has 0 aliphatic heterocycles. The molecule has 0 aliphatic carbocycles. The Morgan fingerprint density at radius 3 is 2.17 bits per heavy atom. The highest BCUT2D eigenvalue weighted by Gasteiger charge is 2.35. The summed E-state index contributed by atoms with van der Waals surface area (Å²) in [5.41, 5.74) is 2.42. The van der Waals surface area contributed by atoms with Gasteiger partial charge in [0.2, 0.25) is 11.8 Å². The molecule has 1 unspecified atom stereocenters. The normalized spacial score (nSPS) is 11.9. The van der Waals surface area contributed by atoms with Gasteiger partial charge in [0.15, 0.2) is 0 Å². The van der Waals surface area contributed by atoms with Crippen molar-refractivity contribution in [3.8, 4) is 0 Å². The second kappa shape index (κ2) is 16.3. The molecule has 0 saturated carbocycles. The monoisotopic (exact) mass is 699 g/mol. The standard InChI is InChI=1S/C35H36Cl3N3O4S/c1-3-4-19-39-35(43)33(21-26-9-6-5-7-10-26)40(23-27-11-8-12-28(36)20-27)34(42)24-41(32-22-29(37)15-18-31(32)38)46(44,45)30-16-13-25(2)14-17-30/h5-18,20,22,33H,3-4,19,21,23-24H2,1-2H3,(H,39,43). The summed E-state index contributed by atoms with van der Waals surface area (Å²) in [6, 6.07) is 26.1. The van der Waals surface area contributed by atoms with Crippen LogP contribution in [0.25, 0.3) is 0 Å². The van der Waals surface area contributed by atoms with Crippen LogP contribution in [0.4, 0.5) is 5.69 Å². The molecule has 1 atom stereocenters. The maximum Gasteiger partial charge on any atom is 0.264 e. The van der Waals surface area contributed by atoms with E-state index in [2.05, 4.69) is 5.32 Å². The van der Waals surface area contributed by atoms with Crippen LogP contribution in [-0.2, 0) is 32.6 Å². The quantitative estimate of drug-likeness (QED) is 0.137. The van der Waals surface area contributed by atoms with Crippen molar-refractivity contribution in [2.45, 2.75) is 50.6 Å². The molecule has 46 heavy (non-hydrogen) atoms. The number of unbranched alkanes of at least 4 members (excludes halogenated alkanes) is 1. The summed E-state index contributed by atoms with van der Waals surface area (Å²) in [4.78, 5) is 29.8. The number of carbonyl (C=O) groups excluding carboxylic acids is 2. The zero-order valence-corrected chi connectivity index (χ0v) is 28.7. The van der Waals surface area contributed by atoms with Crippen molar-refractivity contribution in [2.24, 2.45) is 0 Å². The lowest BCUT2D eigenvalue weighted by atomic mass is 10.0. The van der Waals surface area contributed by atoms with Gasteiger partial charge in [-0.05, 0) is 66.9 Å². The van der Waals surface area contributed by atoms with E-state index in [0.717, 1.165) is 28.3 Å². The Balaban J connectivity index is 1.82. The maximum absolute atomic E-state index is 14.5. The number of halogens is 3. The fourth-order valence-corrected chi connectivity index (χ4v) is 6.99. The molecule has 4 rings (SSSR count). The van der Waals surface area contributed by atoms with Gasteiger partial charge in [0, 0.05) is 29.6 Å². The van der Waals surface area contributed by atoms with E-state index in [-0.39, 0.29) is 39.5 Å². The zero-order chi connectivity index (χ0) is 33.3. The third kappa shape index (κ3) is 9.26. The molecule has 0 radical (unpaired) electrons. The number of benzene rings is 4. The topological polar surface area (TPSA) is 86.8 Å². The van der Waals surface area contributed by atoms with Gasteiger partial charge in [0.1, 0.15) is 12.6 Å². The number of nitrogens with one attached hydrogen (secondary N) is 1. The third-order valence-electron chi connectivity index (χ3n) is 7.41. The Hall–Kier alpha value is -3.56. The predicted octanol–water partition coefficient (Wildman–Crippen LogP) is 7.71. The van der Waals surface area contributed by atoms with Gasteiger partial charge in [-0.2, -0.15) is 0 Å². The largest absolute Gasteiger partial charge is 0.354 e. The molecule has 0 aliphatic rings. The summed E-state index contributed by atoms with van der Waals surface area (Å²) in [6.45, 7) is 3.65. The number of nitrogens with zero attached hydrogens (tertiary/aromatic N) is 2. The Bertz CT molecular complexity index is 1750. The van der Waals surface area contributed by atoms with Gasteiger partial charge in [-0.3, -0.25) is 13.9 Å². The summed E-state index contributed by atoms with van der Waals surface area (Å²) in [7, 11) is -4.32. The van der Waals surface area contributed by atoms with Gasteiger partial charge in [-0.1, -0.05) is 108 Å². The first-order chi connectivity index (χ1) is 22.0. The molecule has 0 saturated heterocycles. The van der Waals surface area contributed by atoms with Gasteiger partial charge < -0.3 is 10.2 Å². The molecular formula is C35H36Cl3N3O4S. The molecule has 0 bridgehead atoms. The van der Waals surface area contributed by atoms with Crippen molar-refractivity contribution in [1.29, 1.82) is 0 Å². The second-order valence-electron chi connectivity index (χ2n) is 10.9. The molecule has 1 N–H and O–H groups in total. The van der Waals surface area contributed by atoms with Gasteiger partial charge in [-0.15, -0.1) is 0 Å². The highest BCUT2D eigenvalue weighted by atomic mass is 35.5. The number of aryl methyl sites for hydroxylation is 1. The molecule has 0 heterocycles. The first kappa shape index (κ1) is 35.3. The fraction of sp³-hybridized carbons (Fsp3) is 0.257. The van der Waals surface area contributed by atoms with Crippen molar-refractivity contribution in [3.05, 3.63) is 129 Å². The lowest BCUT2D eigenvalue weighted by Gasteiger charge is -2.34. The van der Waals surface area contributed by atoms with Crippen LogP contribution >= 0.6 is 34.8 Å². The summed E-state index contributed by atoms with van der Waals surface area (Å²) >= 11 is 19.1. The number of anilines is 1. The average molecular weight is 701 g/mol. The van der Waals surface area contributed by atoms with E-state index in [1.54, 1.807) is 36.4 Å². The van der Waals surface area contributed by atoms with E-state index >= 15 is 0 Å². The minimum absolute atomic E-state index is 0.000210. The zero-order valence-electron chi connectivity index (χ0n) is 25.6. The number of carbonyl (C=O) groups is 2. The van der Waals surface area contributed by atoms with Crippen LogP contribution in [0, 0.1) is 6.92 Å². The molecule has 0 spiro atoms. The van der Waals surface area contributed by atoms with Crippen LogP contribution < -0.4 is 9.62 Å². The minimum atomic E-state index is -4.32. The van der Waals surface area contributed by atoms with Crippen molar-refractivity contribution in [3.63, 3.8) is 0 Å². The number of hydrogen-bond acceptors (Lipinski definition) is 4. The van der Waals surface area contributed by atoms with Crippen LogP contribution in [0.1, 0.15) is 36.5 Å². The van der Waals surface area contributed by atoms with Crippen LogP contribution in [0.3, 0.4) is 0 Å². The van der Waals surface area contributed by atoms with Crippen molar-refractivity contribution < 1.29 is 18.0 Å². The Morgan fingerprint density at radius 1 is 0.826 bits per heavy atom. The molecule has 0 aromatic heterocycles. The van der Waals surface area contributed by atoms with Gasteiger partial charge in [0.05, 0.1) is 15.6 Å². The second-order valence-corrected chi connectivity index (χ2v) is 14.1.